The van der Waals surface area contributed by atoms with Crippen LogP contribution in [0.2, 0.25) is 0 Å². The van der Waals surface area contributed by atoms with Crippen molar-refractivity contribution in [2.75, 3.05) is 0 Å². The molecule has 1 rings (SSSR count). The Morgan fingerprint density at radius 3 is 2.36 bits per heavy atom. The van der Waals surface area contributed by atoms with Crippen molar-refractivity contribution in [2.45, 2.75) is 0 Å². The molecule has 0 aliphatic rings. The Bertz CT molecular complexity index is 360. The molecule has 0 amide bonds. The van der Waals surface area contributed by atoms with Crippen molar-refractivity contribution in [3.8, 4) is 11.5 Å². The molecule has 0 spiro atoms. The summed E-state index contributed by atoms with van der Waals surface area (Å²) in [7, 11) is 0. The first-order valence-corrected chi connectivity index (χ1v) is 3.52. The normalized spacial score (nSPS) is 9.71. The summed E-state index contributed by atoms with van der Waals surface area (Å²) in [4.78, 5) is 10.1. The Balaban J connectivity index is 0.00000169. The Hall–Kier alpha value is -0.334. The minimum atomic E-state index is -1.06. The van der Waals surface area contributed by atoms with E-state index in [9.17, 15) is 4.79 Å². The number of carboxylic acids is 1. The Morgan fingerprint density at radius 2 is 1.86 bits per heavy atom. The summed E-state index contributed by atoms with van der Waals surface area (Å²) in [6, 6.07) is 4.06. The molecule has 0 fully saturated rings. The molecule has 0 aliphatic heterocycles. The van der Waals surface area contributed by atoms with Gasteiger partial charge in [-0.3, -0.25) is 0 Å². The van der Waals surface area contributed by atoms with Gasteiger partial charge in [0.2, 0.25) is 0 Å². The molecule has 3 N–H and O–H groups in total. The van der Waals surface area contributed by atoms with Gasteiger partial charge in [0.15, 0.2) is 11.5 Å². The van der Waals surface area contributed by atoms with Gasteiger partial charge in [0, 0.05) is 6.08 Å². The van der Waals surface area contributed by atoms with Crippen LogP contribution in [0.4, 0.5) is 0 Å². The average molecular weight is 220 g/mol. The third kappa shape index (κ3) is 4.25. The topological polar surface area (TPSA) is 77.8 Å². The molecule has 0 aromatic heterocycles. The fourth-order valence-corrected chi connectivity index (χ4v) is 0.812. The number of phenols is 2. The van der Waals surface area contributed by atoms with Gasteiger partial charge in [-0.25, -0.2) is 4.79 Å². The molecular formula is C9H9KO4. The van der Waals surface area contributed by atoms with Gasteiger partial charge >= 0.3 is 57.4 Å². The molecule has 5 heteroatoms. The Morgan fingerprint density at radius 1 is 1.21 bits per heavy atom. The van der Waals surface area contributed by atoms with Crippen LogP contribution in [0.15, 0.2) is 24.3 Å². The first kappa shape index (κ1) is 13.7. The summed E-state index contributed by atoms with van der Waals surface area (Å²) in [5, 5.41) is 26.3. The van der Waals surface area contributed by atoms with Crippen LogP contribution in [0.25, 0.3) is 6.08 Å². The third-order valence-corrected chi connectivity index (χ3v) is 1.42. The molecule has 0 radical (unpaired) electrons. The maximum atomic E-state index is 10.1. The standard InChI is InChI=1S/C9H8O4.K.H/c10-7-3-1-6(5-8(7)11)2-4-9(12)13;;/h1-5,10-11H,(H,12,13);;/b4-2+;;. The number of carboxylic acid groups (broad SMARTS) is 1. The van der Waals surface area contributed by atoms with E-state index in [1.54, 1.807) is 0 Å². The molecule has 0 saturated heterocycles. The summed E-state index contributed by atoms with van der Waals surface area (Å²) in [6.45, 7) is 0. The molecule has 0 aliphatic carbocycles. The molecule has 14 heavy (non-hydrogen) atoms. The van der Waals surface area contributed by atoms with Gasteiger partial charge in [-0.15, -0.1) is 0 Å². The van der Waals surface area contributed by atoms with Gasteiger partial charge in [0.05, 0.1) is 0 Å². The van der Waals surface area contributed by atoms with Crippen molar-refractivity contribution >= 4 is 63.4 Å². The molecule has 0 saturated carbocycles. The molecule has 0 bridgehead atoms. The van der Waals surface area contributed by atoms with E-state index in [2.05, 4.69) is 0 Å². The van der Waals surface area contributed by atoms with Crippen LogP contribution in [0.1, 0.15) is 5.56 Å². The van der Waals surface area contributed by atoms with E-state index in [0.29, 0.717) is 5.56 Å². The van der Waals surface area contributed by atoms with Crippen LogP contribution in [0, 0.1) is 0 Å². The molecule has 1 aromatic rings. The first-order chi connectivity index (χ1) is 6.09. The second kappa shape index (κ2) is 6.21. The van der Waals surface area contributed by atoms with E-state index in [-0.39, 0.29) is 62.9 Å². The number of hydrogen-bond donors (Lipinski definition) is 3. The number of aliphatic carboxylic acids is 1. The van der Waals surface area contributed by atoms with E-state index >= 15 is 0 Å². The van der Waals surface area contributed by atoms with Crippen LogP contribution < -0.4 is 0 Å². The van der Waals surface area contributed by atoms with Crippen molar-refractivity contribution in [1.82, 2.24) is 0 Å². The van der Waals surface area contributed by atoms with E-state index in [4.69, 9.17) is 15.3 Å². The van der Waals surface area contributed by atoms with Crippen molar-refractivity contribution in [3.05, 3.63) is 29.8 Å². The number of phenolic OH excluding ortho intramolecular Hbond substituents is 2. The van der Waals surface area contributed by atoms with Crippen molar-refractivity contribution < 1.29 is 20.1 Å². The van der Waals surface area contributed by atoms with Crippen LogP contribution in [-0.4, -0.2) is 72.7 Å². The van der Waals surface area contributed by atoms with Gasteiger partial charge in [-0.05, 0) is 23.8 Å². The van der Waals surface area contributed by atoms with Crippen LogP contribution in [0.3, 0.4) is 0 Å². The van der Waals surface area contributed by atoms with Crippen LogP contribution >= 0.6 is 0 Å². The van der Waals surface area contributed by atoms with Crippen molar-refractivity contribution in [3.63, 3.8) is 0 Å². The summed E-state index contributed by atoms with van der Waals surface area (Å²) >= 11 is 0. The molecular weight excluding hydrogens is 211 g/mol. The zero-order valence-electron chi connectivity index (χ0n) is 6.64. The summed E-state index contributed by atoms with van der Waals surface area (Å²) in [6.07, 6.45) is 2.27. The monoisotopic (exact) mass is 220 g/mol. The number of rotatable bonds is 2. The predicted octanol–water partition coefficient (Wildman–Crippen LogP) is 0.547. The zero-order valence-corrected chi connectivity index (χ0v) is 6.64. The SMILES string of the molecule is O=C(O)/C=C/c1ccc(O)c(O)c1.[KH]. The molecule has 70 valence electrons. The molecule has 0 heterocycles. The quantitative estimate of drug-likeness (QED) is 0.386. The van der Waals surface area contributed by atoms with E-state index in [1.165, 1.54) is 24.3 Å². The summed E-state index contributed by atoms with van der Waals surface area (Å²) in [5.74, 6) is -1.56. The second-order valence-corrected chi connectivity index (χ2v) is 2.42. The third-order valence-electron chi connectivity index (χ3n) is 1.42. The first-order valence-electron chi connectivity index (χ1n) is 3.52. The predicted molar refractivity (Wildman–Crippen MR) is 53.6 cm³/mol. The zero-order chi connectivity index (χ0) is 9.84. The molecule has 0 unspecified atom stereocenters. The number of hydrogen-bond acceptors (Lipinski definition) is 3. The molecule has 1 aromatic carbocycles. The number of aromatic hydroxyl groups is 2. The van der Waals surface area contributed by atoms with Gasteiger partial charge in [0.1, 0.15) is 0 Å². The number of carbonyl (C=O) groups is 1. The van der Waals surface area contributed by atoms with Gasteiger partial charge in [-0.1, -0.05) is 6.07 Å². The van der Waals surface area contributed by atoms with E-state index < -0.39 is 5.97 Å². The fourth-order valence-electron chi connectivity index (χ4n) is 0.812. The number of benzene rings is 1. The maximum absolute atomic E-state index is 10.1. The van der Waals surface area contributed by atoms with E-state index in [1.807, 2.05) is 0 Å². The van der Waals surface area contributed by atoms with Crippen LogP contribution in [0.5, 0.6) is 11.5 Å². The molecule has 0 atom stereocenters. The minimum absolute atomic E-state index is 0. The Labute approximate surface area is 123 Å². The average Bonchev–Trinajstić information content (AvgIpc) is 2.07. The van der Waals surface area contributed by atoms with E-state index in [0.717, 1.165) is 6.08 Å². The second-order valence-electron chi connectivity index (χ2n) is 2.42. The van der Waals surface area contributed by atoms with Gasteiger partial charge < -0.3 is 15.3 Å². The van der Waals surface area contributed by atoms with Crippen molar-refractivity contribution in [1.29, 1.82) is 0 Å². The van der Waals surface area contributed by atoms with Gasteiger partial charge in [-0.2, -0.15) is 0 Å². The summed E-state index contributed by atoms with van der Waals surface area (Å²) in [5.41, 5.74) is 0.512. The van der Waals surface area contributed by atoms with Crippen LogP contribution in [-0.2, 0) is 4.79 Å². The fraction of sp³-hybridized carbons (Fsp3) is 0. The Kier molecular flexibility index (Phi) is 6.06. The summed E-state index contributed by atoms with van der Waals surface area (Å²) < 4.78 is 0. The molecule has 4 nitrogen and oxygen atoms in total. The van der Waals surface area contributed by atoms with Crippen molar-refractivity contribution in [2.24, 2.45) is 0 Å². The van der Waals surface area contributed by atoms with Gasteiger partial charge in [0.25, 0.3) is 0 Å².